The highest BCUT2D eigenvalue weighted by molar-refractivity contribution is 5.70. The number of ether oxygens (including phenoxy) is 3. The zero-order valence-corrected chi connectivity index (χ0v) is 35.4. The summed E-state index contributed by atoms with van der Waals surface area (Å²) in [4.78, 5) is 36.8. The summed E-state index contributed by atoms with van der Waals surface area (Å²) in [6.07, 6.45) is 42.7. The van der Waals surface area contributed by atoms with E-state index in [1.807, 2.05) is 0 Å². The van der Waals surface area contributed by atoms with Crippen molar-refractivity contribution in [2.45, 2.75) is 187 Å². The molecule has 2 atom stereocenters. The molecule has 0 aliphatic carbocycles. The number of carbonyl (C=O) groups excluding carboxylic acids is 3. The largest absolute Gasteiger partial charge is 0.544 e. The van der Waals surface area contributed by atoms with Crippen LogP contribution in [0.4, 0.5) is 0 Å². The van der Waals surface area contributed by atoms with Crippen molar-refractivity contribution in [3.63, 3.8) is 0 Å². The number of carboxylic acid groups (broad SMARTS) is 1. The van der Waals surface area contributed by atoms with Crippen LogP contribution in [-0.2, 0) is 28.6 Å². The molecule has 0 fully saturated rings. The summed E-state index contributed by atoms with van der Waals surface area (Å²) in [6.45, 7) is 4.52. The first kappa shape index (κ1) is 51.3. The third-order valence-electron chi connectivity index (χ3n) is 9.48. The molecular formula is C46H81NO7. The molecule has 54 heavy (non-hydrogen) atoms. The summed E-state index contributed by atoms with van der Waals surface area (Å²) < 4.78 is 17.1. The number of hydrogen-bond donors (Lipinski definition) is 0. The highest BCUT2D eigenvalue weighted by atomic mass is 16.6. The molecule has 0 aromatic rings. The highest BCUT2D eigenvalue weighted by Crippen LogP contribution is 2.14. The molecule has 8 heteroatoms. The zero-order valence-electron chi connectivity index (χ0n) is 35.4. The highest BCUT2D eigenvalue weighted by Gasteiger charge is 2.25. The summed E-state index contributed by atoms with van der Waals surface area (Å²) in [6, 6.07) is -0.730. The van der Waals surface area contributed by atoms with Crippen molar-refractivity contribution >= 4 is 17.9 Å². The van der Waals surface area contributed by atoms with E-state index < -0.39 is 18.1 Å². The molecule has 0 heterocycles. The average Bonchev–Trinajstić information content (AvgIpc) is 3.12. The van der Waals surface area contributed by atoms with Crippen molar-refractivity contribution in [3.8, 4) is 0 Å². The van der Waals surface area contributed by atoms with Gasteiger partial charge in [0.15, 0.2) is 6.10 Å². The van der Waals surface area contributed by atoms with E-state index in [0.29, 0.717) is 12.8 Å². The van der Waals surface area contributed by atoms with Crippen LogP contribution in [0.25, 0.3) is 0 Å². The fraction of sp³-hybridized carbons (Fsp3) is 0.761. The number of quaternary nitrogens is 1. The van der Waals surface area contributed by atoms with E-state index in [4.69, 9.17) is 14.2 Å². The number of carbonyl (C=O) groups is 3. The Morgan fingerprint density at radius 2 is 1.04 bits per heavy atom. The number of carboxylic acids is 1. The molecule has 0 aliphatic rings. The Labute approximate surface area is 331 Å². The minimum Gasteiger partial charge on any atom is -0.544 e. The summed E-state index contributed by atoms with van der Waals surface area (Å²) in [7, 11) is 5.39. The lowest BCUT2D eigenvalue weighted by Gasteiger charge is -2.34. The van der Waals surface area contributed by atoms with Gasteiger partial charge in [-0.2, -0.15) is 0 Å². The number of esters is 2. The lowest BCUT2D eigenvalue weighted by atomic mass is 10.0. The number of likely N-dealkylation sites (N-methyl/N-ethyl adjacent to an activating group) is 1. The van der Waals surface area contributed by atoms with Crippen LogP contribution < -0.4 is 5.11 Å². The summed E-state index contributed by atoms with van der Waals surface area (Å²) >= 11 is 0. The second-order valence-corrected chi connectivity index (χ2v) is 15.6. The third kappa shape index (κ3) is 35.0. The van der Waals surface area contributed by atoms with Crippen LogP contribution in [0.15, 0.2) is 48.6 Å². The Bertz CT molecular complexity index is 1030. The minimum atomic E-state index is -1.13. The summed E-state index contributed by atoms with van der Waals surface area (Å²) in [5.41, 5.74) is 0. The van der Waals surface area contributed by atoms with E-state index in [1.165, 1.54) is 64.2 Å². The molecule has 0 radical (unpaired) electrons. The van der Waals surface area contributed by atoms with Gasteiger partial charge in [-0.25, -0.2) is 0 Å². The number of aliphatic carboxylic acids is 1. The number of unbranched alkanes of at least 4 members (excludes halogenated alkanes) is 16. The van der Waals surface area contributed by atoms with Crippen molar-refractivity contribution in [1.29, 1.82) is 0 Å². The van der Waals surface area contributed by atoms with Crippen molar-refractivity contribution in [2.75, 3.05) is 41.0 Å². The van der Waals surface area contributed by atoms with Crippen LogP contribution in [0, 0.1) is 0 Å². The third-order valence-corrected chi connectivity index (χ3v) is 9.48. The first-order chi connectivity index (χ1) is 26.1. The van der Waals surface area contributed by atoms with Crippen molar-refractivity contribution in [2.24, 2.45) is 0 Å². The molecule has 0 bridgehead atoms. The molecule has 0 aliphatic heterocycles. The van der Waals surface area contributed by atoms with Gasteiger partial charge in [0.05, 0.1) is 40.3 Å². The predicted octanol–water partition coefficient (Wildman–Crippen LogP) is 10.3. The standard InChI is InChI=1S/C46H81NO7/c1-6-8-10-12-14-16-18-20-21-22-23-25-27-29-31-33-35-37-45(49)54-42(40-52-39-38-43(46(50)51)47(3,4)5)41-53-44(48)36-34-32-30-28-26-24-19-17-15-13-11-9-7-2/h8,10,14,16,20-21,23,25,42-43H,6-7,9,11-13,15,17-19,22,24,26-41H2,1-5H3/b10-8-,16-14-,21-20-,25-23-. The molecule has 0 aromatic carbocycles. The van der Waals surface area contributed by atoms with Gasteiger partial charge in [0, 0.05) is 19.3 Å². The number of rotatable bonds is 38. The predicted molar refractivity (Wildman–Crippen MR) is 222 cm³/mol. The maximum Gasteiger partial charge on any atom is 0.306 e. The van der Waals surface area contributed by atoms with Gasteiger partial charge >= 0.3 is 11.9 Å². The fourth-order valence-corrected chi connectivity index (χ4v) is 6.12. The second kappa shape index (κ2) is 37.2. The van der Waals surface area contributed by atoms with Crippen molar-refractivity contribution in [1.82, 2.24) is 0 Å². The quantitative estimate of drug-likeness (QED) is 0.0267. The van der Waals surface area contributed by atoms with E-state index >= 15 is 0 Å². The Balaban J connectivity index is 4.40. The van der Waals surface area contributed by atoms with Gasteiger partial charge in [0.2, 0.25) is 0 Å². The normalized spacial score (nSPS) is 13.4. The van der Waals surface area contributed by atoms with Crippen molar-refractivity contribution < 1.29 is 38.2 Å². The van der Waals surface area contributed by atoms with Crippen molar-refractivity contribution in [3.05, 3.63) is 48.6 Å². The number of nitrogens with zero attached hydrogens (tertiary/aromatic N) is 1. The maximum absolute atomic E-state index is 12.7. The first-order valence-electron chi connectivity index (χ1n) is 21.7. The molecule has 0 rings (SSSR count). The van der Waals surface area contributed by atoms with Crippen LogP contribution in [-0.4, -0.2) is 75.5 Å². The van der Waals surface area contributed by atoms with Gasteiger partial charge in [-0.1, -0.05) is 152 Å². The fourth-order valence-electron chi connectivity index (χ4n) is 6.12. The lowest BCUT2D eigenvalue weighted by Crippen LogP contribution is -2.55. The van der Waals surface area contributed by atoms with Crippen LogP contribution in [0.3, 0.4) is 0 Å². The molecule has 0 spiro atoms. The van der Waals surface area contributed by atoms with Gasteiger partial charge in [-0.3, -0.25) is 9.59 Å². The van der Waals surface area contributed by atoms with Gasteiger partial charge in [0.1, 0.15) is 12.6 Å². The molecule has 0 saturated carbocycles. The van der Waals surface area contributed by atoms with Crippen LogP contribution in [0.1, 0.15) is 174 Å². The topological polar surface area (TPSA) is 102 Å². The van der Waals surface area contributed by atoms with E-state index in [0.717, 1.165) is 77.0 Å². The van der Waals surface area contributed by atoms with E-state index in [-0.39, 0.29) is 42.7 Å². The Hall–Kier alpha value is -2.71. The first-order valence-corrected chi connectivity index (χ1v) is 21.7. The molecule has 312 valence electrons. The van der Waals surface area contributed by atoms with Crippen LogP contribution in [0.2, 0.25) is 0 Å². The van der Waals surface area contributed by atoms with Crippen LogP contribution >= 0.6 is 0 Å². The molecule has 0 amide bonds. The Morgan fingerprint density at radius 3 is 1.54 bits per heavy atom. The van der Waals surface area contributed by atoms with E-state index in [1.54, 1.807) is 21.1 Å². The molecule has 8 nitrogen and oxygen atoms in total. The molecule has 0 aromatic heterocycles. The molecule has 0 saturated heterocycles. The number of hydrogen-bond acceptors (Lipinski definition) is 7. The van der Waals surface area contributed by atoms with Crippen LogP contribution in [0.5, 0.6) is 0 Å². The molecule has 0 N–H and O–H groups in total. The Morgan fingerprint density at radius 1 is 0.574 bits per heavy atom. The zero-order chi connectivity index (χ0) is 40.0. The lowest BCUT2D eigenvalue weighted by molar-refractivity contribution is -0.889. The van der Waals surface area contributed by atoms with E-state index in [2.05, 4.69) is 62.5 Å². The molecule has 2 unspecified atom stereocenters. The smallest absolute Gasteiger partial charge is 0.306 e. The average molecular weight is 760 g/mol. The summed E-state index contributed by atoms with van der Waals surface area (Å²) in [5, 5.41) is 11.6. The SMILES string of the molecule is CC/C=C\C/C=C\C/C=C\C/C=C\CCCCCCC(=O)OC(COCCC(C(=O)[O-])[N+](C)(C)C)COC(=O)CCCCCCCCCCCCCCC. The van der Waals surface area contributed by atoms with Gasteiger partial charge < -0.3 is 28.6 Å². The minimum absolute atomic E-state index is 0.0313. The van der Waals surface area contributed by atoms with Gasteiger partial charge in [-0.15, -0.1) is 0 Å². The Kier molecular flexibility index (Phi) is 35.4. The van der Waals surface area contributed by atoms with Gasteiger partial charge in [0.25, 0.3) is 0 Å². The van der Waals surface area contributed by atoms with Gasteiger partial charge in [-0.05, 0) is 51.4 Å². The maximum atomic E-state index is 12.7. The number of allylic oxidation sites excluding steroid dienone is 8. The van der Waals surface area contributed by atoms with E-state index in [9.17, 15) is 19.5 Å². The monoisotopic (exact) mass is 760 g/mol. The summed E-state index contributed by atoms with van der Waals surface area (Å²) in [5.74, 6) is -1.77. The second-order valence-electron chi connectivity index (χ2n) is 15.6. The molecular weight excluding hydrogens is 679 g/mol.